The summed E-state index contributed by atoms with van der Waals surface area (Å²) in [5.41, 5.74) is 7.60. The van der Waals surface area contributed by atoms with Gasteiger partial charge in [-0.25, -0.2) is 0 Å². The Morgan fingerprint density at radius 2 is 2.29 bits per heavy atom. The van der Waals surface area contributed by atoms with Crippen LogP contribution in [0.4, 0.5) is 5.69 Å². The summed E-state index contributed by atoms with van der Waals surface area (Å²) in [4.78, 5) is 14.4. The molecule has 2 rings (SSSR count). The number of hydrogen-bond donors (Lipinski definition) is 2. The number of nitrogens with zero attached hydrogens (tertiary/aromatic N) is 1. The zero-order valence-corrected chi connectivity index (χ0v) is 13.5. The van der Waals surface area contributed by atoms with Gasteiger partial charge in [0.05, 0.1) is 6.54 Å². The van der Waals surface area contributed by atoms with Gasteiger partial charge in [0.2, 0.25) is 5.91 Å². The van der Waals surface area contributed by atoms with E-state index in [1.165, 1.54) is 6.42 Å². The van der Waals surface area contributed by atoms with Crippen molar-refractivity contribution in [2.24, 2.45) is 11.7 Å². The summed E-state index contributed by atoms with van der Waals surface area (Å²) in [6, 6.07) is 5.86. The number of aryl methyl sites for hydroxylation is 1. The Bertz CT molecular complexity index is 506. The first-order valence-electron chi connectivity index (χ1n) is 7.51. The monoisotopic (exact) mass is 309 g/mol. The third-order valence-electron chi connectivity index (χ3n) is 4.27. The smallest absolute Gasteiger partial charge is 0.238 e. The van der Waals surface area contributed by atoms with Crippen molar-refractivity contribution < 1.29 is 4.79 Å². The normalized spacial score (nSPS) is 23.0. The van der Waals surface area contributed by atoms with Gasteiger partial charge >= 0.3 is 0 Å². The van der Waals surface area contributed by atoms with Crippen LogP contribution < -0.4 is 11.1 Å². The number of nitrogens with one attached hydrogen (secondary N) is 1. The number of likely N-dealkylation sites (tertiary alicyclic amines) is 1. The van der Waals surface area contributed by atoms with Crippen LogP contribution in [0.25, 0.3) is 0 Å². The molecule has 2 unspecified atom stereocenters. The van der Waals surface area contributed by atoms with E-state index >= 15 is 0 Å². The van der Waals surface area contributed by atoms with Crippen molar-refractivity contribution >= 4 is 23.2 Å². The number of nitrogens with two attached hydrogens (primary N) is 1. The highest BCUT2D eigenvalue weighted by molar-refractivity contribution is 6.31. The molecule has 4 nitrogen and oxygen atoms in total. The number of rotatable bonds is 4. The Balaban J connectivity index is 1.95. The summed E-state index contributed by atoms with van der Waals surface area (Å²) in [6.45, 7) is 6.08. The Labute approximate surface area is 131 Å². The molecule has 1 amide bonds. The number of benzene rings is 1. The fourth-order valence-corrected chi connectivity index (χ4v) is 3.15. The van der Waals surface area contributed by atoms with Gasteiger partial charge in [-0.05, 0) is 49.9 Å². The predicted octanol–water partition coefficient (Wildman–Crippen LogP) is 2.65. The molecule has 3 N–H and O–H groups in total. The minimum absolute atomic E-state index is 0.0116. The second-order valence-electron chi connectivity index (χ2n) is 5.91. The van der Waals surface area contributed by atoms with Crippen molar-refractivity contribution in [3.63, 3.8) is 0 Å². The van der Waals surface area contributed by atoms with Crippen LogP contribution in [0.1, 0.15) is 25.3 Å². The van der Waals surface area contributed by atoms with Gasteiger partial charge in [-0.1, -0.05) is 24.6 Å². The molecule has 1 fully saturated rings. The van der Waals surface area contributed by atoms with Gasteiger partial charge in [-0.2, -0.15) is 0 Å². The van der Waals surface area contributed by atoms with Crippen LogP contribution >= 0.6 is 11.6 Å². The summed E-state index contributed by atoms with van der Waals surface area (Å²) in [5.74, 6) is 0.535. The maximum Gasteiger partial charge on any atom is 0.238 e. The predicted molar refractivity (Wildman–Crippen MR) is 87.6 cm³/mol. The number of carbonyl (C=O) groups excluding carboxylic acids is 1. The van der Waals surface area contributed by atoms with Crippen LogP contribution in [0.3, 0.4) is 0 Å². The van der Waals surface area contributed by atoms with Crippen molar-refractivity contribution in [2.45, 2.75) is 32.7 Å². The minimum atomic E-state index is -0.0116. The number of anilines is 1. The van der Waals surface area contributed by atoms with E-state index in [4.69, 9.17) is 17.3 Å². The highest BCUT2D eigenvalue weighted by atomic mass is 35.5. The second kappa shape index (κ2) is 7.25. The van der Waals surface area contributed by atoms with E-state index in [0.717, 1.165) is 24.2 Å². The van der Waals surface area contributed by atoms with Crippen molar-refractivity contribution in [1.82, 2.24) is 4.90 Å². The first-order valence-corrected chi connectivity index (χ1v) is 7.89. The standard InChI is InChI=1S/C16H24ClN3O/c1-11-5-6-13(8-14(11)17)19-16(21)10-20-7-3-4-12(2)15(20)9-18/h5-6,8,12,15H,3-4,7,9-10,18H2,1-2H3,(H,19,21). The van der Waals surface area contributed by atoms with Gasteiger partial charge in [0.1, 0.15) is 0 Å². The average molecular weight is 310 g/mol. The summed E-state index contributed by atoms with van der Waals surface area (Å²) >= 11 is 6.08. The van der Waals surface area contributed by atoms with Crippen LogP contribution in [0.2, 0.25) is 5.02 Å². The maximum atomic E-state index is 12.2. The SMILES string of the molecule is Cc1ccc(NC(=O)CN2CCCC(C)C2CN)cc1Cl. The lowest BCUT2D eigenvalue weighted by Crippen LogP contribution is -2.51. The van der Waals surface area contributed by atoms with Crippen molar-refractivity contribution in [3.05, 3.63) is 28.8 Å². The number of piperidine rings is 1. The fourth-order valence-electron chi connectivity index (χ4n) is 2.97. The van der Waals surface area contributed by atoms with E-state index in [1.54, 1.807) is 6.07 Å². The first kappa shape index (κ1) is 16.3. The van der Waals surface area contributed by atoms with Crippen LogP contribution in [-0.4, -0.2) is 36.5 Å². The van der Waals surface area contributed by atoms with E-state index in [1.807, 2.05) is 19.1 Å². The number of amides is 1. The quantitative estimate of drug-likeness (QED) is 0.899. The average Bonchev–Trinajstić information content (AvgIpc) is 2.43. The Hall–Kier alpha value is -1.10. The lowest BCUT2D eigenvalue weighted by Gasteiger charge is -2.38. The molecule has 1 heterocycles. The summed E-state index contributed by atoms with van der Waals surface area (Å²) in [5, 5.41) is 3.58. The van der Waals surface area contributed by atoms with E-state index in [9.17, 15) is 4.79 Å². The molecule has 5 heteroatoms. The molecule has 0 saturated carbocycles. The highest BCUT2D eigenvalue weighted by Crippen LogP contribution is 2.23. The topological polar surface area (TPSA) is 58.4 Å². The molecule has 21 heavy (non-hydrogen) atoms. The minimum Gasteiger partial charge on any atom is -0.329 e. The van der Waals surface area contributed by atoms with Crippen LogP contribution in [-0.2, 0) is 4.79 Å². The number of hydrogen-bond acceptors (Lipinski definition) is 3. The number of carbonyl (C=O) groups is 1. The molecule has 1 aliphatic rings. The lowest BCUT2D eigenvalue weighted by atomic mass is 9.91. The molecule has 0 aliphatic carbocycles. The molecular formula is C16H24ClN3O. The van der Waals surface area contributed by atoms with Gasteiger partial charge in [-0.15, -0.1) is 0 Å². The molecule has 2 atom stereocenters. The highest BCUT2D eigenvalue weighted by Gasteiger charge is 2.28. The van der Waals surface area contributed by atoms with Gasteiger partial charge in [0.15, 0.2) is 0 Å². The van der Waals surface area contributed by atoms with E-state index in [2.05, 4.69) is 17.1 Å². The Morgan fingerprint density at radius 1 is 1.52 bits per heavy atom. The fraction of sp³-hybridized carbons (Fsp3) is 0.562. The third-order valence-corrected chi connectivity index (χ3v) is 4.68. The van der Waals surface area contributed by atoms with Crippen molar-refractivity contribution in [1.29, 1.82) is 0 Å². The van der Waals surface area contributed by atoms with Crippen LogP contribution in [0.5, 0.6) is 0 Å². The second-order valence-corrected chi connectivity index (χ2v) is 6.31. The van der Waals surface area contributed by atoms with Crippen molar-refractivity contribution in [2.75, 3.05) is 25.0 Å². The molecule has 0 bridgehead atoms. The Kier molecular flexibility index (Phi) is 5.62. The van der Waals surface area contributed by atoms with Crippen molar-refractivity contribution in [3.8, 4) is 0 Å². The zero-order chi connectivity index (χ0) is 15.4. The van der Waals surface area contributed by atoms with Crippen LogP contribution in [0, 0.1) is 12.8 Å². The van der Waals surface area contributed by atoms with Gasteiger partial charge in [-0.3, -0.25) is 9.69 Å². The zero-order valence-electron chi connectivity index (χ0n) is 12.7. The molecule has 1 aromatic rings. The molecule has 0 aromatic heterocycles. The van der Waals surface area contributed by atoms with Crippen LogP contribution in [0.15, 0.2) is 18.2 Å². The summed E-state index contributed by atoms with van der Waals surface area (Å²) < 4.78 is 0. The molecule has 1 aliphatic heterocycles. The Morgan fingerprint density at radius 3 is 2.95 bits per heavy atom. The number of halogens is 1. The summed E-state index contributed by atoms with van der Waals surface area (Å²) in [7, 11) is 0. The van der Waals surface area contributed by atoms with E-state index in [0.29, 0.717) is 30.1 Å². The molecule has 0 spiro atoms. The van der Waals surface area contributed by atoms with Gasteiger partial charge < -0.3 is 11.1 Å². The summed E-state index contributed by atoms with van der Waals surface area (Å²) in [6.07, 6.45) is 2.31. The van der Waals surface area contributed by atoms with E-state index in [-0.39, 0.29) is 5.91 Å². The molecule has 0 radical (unpaired) electrons. The van der Waals surface area contributed by atoms with Gasteiger partial charge in [0, 0.05) is 23.3 Å². The molecule has 1 aromatic carbocycles. The molecule has 1 saturated heterocycles. The largest absolute Gasteiger partial charge is 0.329 e. The van der Waals surface area contributed by atoms with Gasteiger partial charge in [0.25, 0.3) is 0 Å². The van der Waals surface area contributed by atoms with E-state index < -0.39 is 0 Å². The maximum absolute atomic E-state index is 12.2. The molecular weight excluding hydrogens is 286 g/mol. The third kappa shape index (κ3) is 4.19. The lowest BCUT2D eigenvalue weighted by molar-refractivity contribution is -0.118. The molecule has 116 valence electrons. The first-order chi connectivity index (χ1) is 10.0.